The van der Waals surface area contributed by atoms with Gasteiger partial charge in [0.05, 0.1) is 12.8 Å². The minimum atomic E-state index is -3.55. The number of nitrogens with zero attached hydrogens (tertiary/aromatic N) is 1. The zero-order valence-corrected chi connectivity index (χ0v) is 17.1. The van der Waals surface area contributed by atoms with Gasteiger partial charge in [0.1, 0.15) is 0 Å². The Bertz CT molecular complexity index is 857. The zero-order valence-electron chi connectivity index (χ0n) is 15.6. The van der Waals surface area contributed by atoms with Crippen LogP contribution in [0.4, 0.5) is 0 Å². The topological polar surface area (TPSA) is 66.5 Å². The molecular formula is C20H25ClN2O3S. The summed E-state index contributed by atoms with van der Waals surface area (Å²) in [5, 5.41) is 3.35. The third-order valence-electron chi connectivity index (χ3n) is 4.21. The fourth-order valence-electron chi connectivity index (χ4n) is 2.69. The van der Waals surface area contributed by atoms with E-state index in [1.807, 2.05) is 37.3 Å². The first-order valence-corrected chi connectivity index (χ1v) is 11.0. The second-order valence-electron chi connectivity index (χ2n) is 6.62. The third-order valence-corrected chi connectivity index (χ3v) is 5.77. The van der Waals surface area contributed by atoms with Crippen molar-refractivity contribution in [3.05, 3.63) is 70.7 Å². The van der Waals surface area contributed by atoms with E-state index in [0.717, 1.165) is 23.4 Å². The number of hydrogen-bond acceptors (Lipinski definition) is 3. The van der Waals surface area contributed by atoms with Crippen molar-refractivity contribution in [2.75, 3.05) is 12.8 Å². The fourth-order valence-corrected chi connectivity index (χ4v) is 3.61. The summed E-state index contributed by atoms with van der Waals surface area (Å²) < 4.78 is 25.3. The predicted octanol–water partition coefficient (Wildman–Crippen LogP) is 3.24. The van der Waals surface area contributed by atoms with Gasteiger partial charge in [-0.05, 0) is 37.0 Å². The van der Waals surface area contributed by atoms with E-state index in [1.54, 1.807) is 24.3 Å². The largest absolute Gasteiger partial charge is 0.352 e. The smallest absolute Gasteiger partial charge is 0.235 e. The number of amides is 1. The van der Waals surface area contributed by atoms with Crippen LogP contribution in [0.25, 0.3) is 0 Å². The highest BCUT2D eigenvalue weighted by Gasteiger charge is 2.22. The molecule has 0 aromatic heterocycles. The van der Waals surface area contributed by atoms with E-state index >= 15 is 0 Å². The molecule has 2 aromatic rings. The van der Waals surface area contributed by atoms with Crippen LogP contribution >= 0.6 is 11.6 Å². The number of rotatable bonds is 9. The molecule has 0 aliphatic heterocycles. The Kier molecular flexibility index (Phi) is 7.83. The molecule has 0 radical (unpaired) electrons. The summed E-state index contributed by atoms with van der Waals surface area (Å²) in [4.78, 5) is 12.3. The molecule has 0 fully saturated rings. The molecule has 1 amide bonds. The van der Waals surface area contributed by atoms with Gasteiger partial charge in [-0.1, -0.05) is 60.1 Å². The molecule has 1 N–H and O–H groups in total. The van der Waals surface area contributed by atoms with Crippen LogP contribution in [-0.2, 0) is 27.8 Å². The Labute approximate surface area is 166 Å². The minimum absolute atomic E-state index is 0.0561. The standard InChI is InChI=1S/C20H25ClN2O3S/c1-16(12-13-17-8-4-3-5-9-17)22-20(24)15-23(27(2,25)26)14-18-10-6-7-11-19(18)21/h3-11,16H,12-15H2,1-2H3,(H,22,24)/t16-/m0/s1. The average Bonchev–Trinajstić information content (AvgIpc) is 2.61. The summed E-state index contributed by atoms with van der Waals surface area (Å²) in [7, 11) is -3.55. The second-order valence-corrected chi connectivity index (χ2v) is 9.00. The number of hydrogen-bond donors (Lipinski definition) is 1. The molecule has 0 saturated carbocycles. The molecule has 0 heterocycles. The van der Waals surface area contributed by atoms with E-state index in [4.69, 9.17) is 11.6 Å². The maximum Gasteiger partial charge on any atom is 0.235 e. The number of halogens is 1. The first-order valence-electron chi connectivity index (χ1n) is 8.77. The summed E-state index contributed by atoms with van der Waals surface area (Å²) in [6.07, 6.45) is 2.72. The molecule has 2 rings (SSSR count). The maximum atomic E-state index is 12.3. The van der Waals surface area contributed by atoms with Crippen LogP contribution < -0.4 is 5.32 Å². The molecule has 7 heteroatoms. The fraction of sp³-hybridized carbons (Fsp3) is 0.350. The number of nitrogens with one attached hydrogen (secondary N) is 1. The summed E-state index contributed by atoms with van der Waals surface area (Å²) in [6, 6.07) is 17.0. The van der Waals surface area contributed by atoms with Crippen molar-refractivity contribution in [1.29, 1.82) is 0 Å². The van der Waals surface area contributed by atoms with E-state index < -0.39 is 10.0 Å². The highest BCUT2D eigenvalue weighted by molar-refractivity contribution is 7.88. The van der Waals surface area contributed by atoms with Gasteiger partial charge in [0.15, 0.2) is 0 Å². The molecule has 146 valence electrons. The molecule has 5 nitrogen and oxygen atoms in total. The molecule has 0 unspecified atom stereocenters. The van der Waals surface area contributed by atoms with Crippen LogP contribution in [0.1, 0.15) is 24.5 Å². The van der Waals surface area contributed by atoms with E-state index in [9.17, 15) is 13.2 Å². The lowest BCUT2D eigenvalue weighted by Crippen LogP contribution is -2.43. The van der Waals surface area contributed by atoms with Gasteiger partial charge < -0.3 is 5.32 Å². The number of carbonyl (C=O) groups is 1. The lowest BCUT2D eigenvalue weighted by molar-refractivity contribution is -0.122. The summed E-state index contributed by atoms with van der Waals surface area (Å²) in [5.41, 5.74) is 1.87. The average molecular weight is 409 g/mol. The van der Waals surface area contributed by atoms with E-state index in [2.05, 4.69) is 5.32 Å². The molecule has 1 atom stereocenters. The van der Waals surface area contributed by atoms with Gasteiger partial charge in [-0.2, -0.15) is 4.31 Å². The monoisotopic (exact) mass is 408 g/mol. The first kappa shape index (κ1) is 21.4. The highest BCUT2D eigenvalue weighted by Crippen LogP contribution is 2.18. The van der Waals surface area contributed by atoms with Crippen LogP contribution in [0.3, 0.4) is 0 Å². The molecule has 27 heavy (non-hydrogen) atoms. The van der Waals surface area contributed by atoms with Crippen molar-refractivity contribution in [3.8, 4) is 0 Å². The lowest BCUT2D eigenvalue weighted by atomic mass is 10.1. The third kappa shape index (κ3) is 7.33. The molecule has 0 aliphatic carbocycles. The Balaban J connectivity index is 1.92. The Morgan fingerprint density at radius 2 is 1.74 bits per heavy atom. The predicted molar refractivity (Wildman–Crippen MR) is 109 cm³/mol. The highest BCUT2D eigenvalue weighted by atomic mass is 35.5. The van der Waals surface area contributed by atoms with Crippen molar-refractivity contribution in [1.82, 2.24) is 9.62 Å². The van der Waals surface area contributed by atoms with Crippen LogP contribution in [0.15, 0.2) is 54.6 Å². The molecule has 0 aliphatic rings. The first-order chi connectivity index (χ1) is 12.8. The quantitative estimate of drug-likeness (QED) is 0.692. The van der Waals surface area contributed by atoms with Crippen molar-refractivity contribution in [2.45, 2.75) is 32.4 Å². The SMILES string of the molecule is C[C@@H](CCc1ccccc1)NC(=O)CN(Cc1ccccc1Cl)S(C)(=O)=O. The molecule has 0 spiro atoms. The van der Waals surface area contributed by atoms with Gasteiger partial charge in [0.2, 0.25) is 15.9 Å². The molecule has 2 aromatic carbocycles. The number of sulfonamides is 1. The lowest BCUT2D eigenvalue weighted by Gasteiger charge is -2.21. The minimum Gasteiger partial charge on any atom is -0.352 e. The van der Waals surface area contributed by atoms with E-state index in [0.29, 0.717) is 10.6 Å². The zero-order chi connectivity index (χ0) is 19.9. The summed E-state index contributed by atoms with van der Waals surface area (Å²) in [5.74, 6) is -0.326. The Hall–Kier alpha value is -1.89. The van der Waals surface area contributed by atoms with Crippen molar-refractivity contribution < 1.29 is 13.2 Å². The summed E-state index contributed by atoms with van der Waals surface area (Å²) >= 11 is 6.12. The van der Waals surface area contributed by atoms with Crippen LogP contribution in [0, 0.1) is 0 Å². The summed E-state index contributed by atoms with van der Waals surface area (Å²) in [6.45, 7) is 1.74. The Morgan fingerprint density at radius 1 is 1.11 bits per heavy atom. The van der Waals surface area contributed by atoms with Crippen molar-refractivity contribution >= 4 is 27.5 Å². The molecule has 0 saturated heterocycles. The van der Waals surface area contributed by atoms with Crippen LogP contribution in [0.2, 0.25) is 5.02 Å². The van der Waals surface area contributed by atoms with E-state index in [1.165, 1.54) is 5.56 Å². The van der Waals surface area contributed by atoms with Crippen molar-refractivity contribution in [3.63, 3.8) is 0 Å². The van der Waals surface area contributed by atoms with Gasteiger partial charge >= 0.3 is 0 Å². The van der Waals surface area contributed by atoms with Crippen LogP contribution in [-0.4, -0.2) is 37.5 Å². The molecular weight excluding hydrogens is 384 g/mol. The number of aryl methyl sites for hydroxylation is 1. The van der Waals surface area contributed by atoms with Crippen LogP contribution in [0.5, 0.6) is 0 Å². The van der Waals surface area contributed by atoms with Gasteiger partial charge in [-0.15, -0.1) is 0 Å². The van der Waals surface area contributed by atoms with Gasteiger partial charge in [-0.3, -0.25) is 4.79 Å². The maximum absolute atomic E-state index is 12.3. The van der Waals surface area contributed by atoms with E-state index in [-0.39, 0.29) is 25.0 Å². The second kappa shape index (κ2) is 9.88. The van der Waals surface area contributed by atoms with Crippen molar-refractivity contribution in [2.24, 2.45) is 0 Å². The van der Waals surface area contributed by atoms with Gasteiger partial charge in [0, 0.05) is 17.6 Å². The number of benzene rings is 2. The van der Waals surface area contributed by atoms with Gasteiger partial charge in [-0.25, -0.2) is 8.42 Å². The van der Waals surface area contributed by atoms with Gasteiger partial charge in [0.25, 0.3) is 0 Å². The number of carbonyl (C=O) groups excluding carboxylic acids is 1. The Morgan fingerprint density at radius 3 is 2.37 bits per heavy atom. The normalized spacial score (nSPS) is 12.7. The molecule has 0 bridgehead atoms.